The van der Waals surface area contributed by atoms with Crippen molar-refractivity contribution in [2.75, 3.05) is 14.2 Å². The first-order valence-electron chi connectivity index (χ1n) is 8.94. The molecule has 29 heavy (non-hydrogen) atoms. The Bertz CT molecular complexity index is 1000. The molecule has 0 amide bonds. The molecule has 0 unspecified atom stereocenters. The maximum Gasteiger partial charge on any atom is 0.244 e. The van der Waals surface area contributed by atoms with E-state index in [0.29, 0.717) is 4.47 Å². The molecule has 3 rings (SSSR count). The van der Waals surface area contributed by atoms with Crippen LogP contribution in [0.3, 0.4) is 0 Å². The van der Waals surface area contributed by atoms with Crippen LogP contribution in [-0.2, 0) is 23.1 Å². The summed E-state index contributed by atoms with van der Waals surface area (Å²) in [6.45, 7) is 0.472. The van der Waals surface area contributed by atoms with Crippen LogP contribution in [0.2, 0.25) is 0 Å². The van der Waals surface area contributed by atoms with E-state index in [1.54, 1.807) is 38.5 Å². The molecule has 3 aromatic rings. The molecule has 0 aromatic heterocycles. The van der Waals surface area contributed by atoms with Crippen LogP contribution in [0.4, 0.5) is 0 Å². The molecule has 0 saturated heterocycles. The van der Waals surface area contributed by atoms with E-state index in [4.69, 9.17) is 9.47 Å². The van der Waals surface area contributed by atoms with Gasteiger partial charge in [-0.25, -0.2) is 8.42 Å². The van der Waals surface area contributed by atoms with Crippen LogP contribution in [0, 0.1) is 0 Å². The Morgan fingerprint density at radius 3 is 1.62 bits per heavy atom. The van der Waals surface area contributed by atoms with Gasteiger partial charge in [0, 0.05) is 17.6 Å². The smallest absolute Gasteiger partial charge is 0.244 e. The van der Waals surface area contributed by atoms with Crippen LogP contribution in [0.5, 0.6) is 11.5 Å². The van der Waals surface area contributed by atoms with Crippen molar-refractivity contribution in [3.05, 3.63) is 88.4 Å². The average molecular weight is 476 g/mol. The Morgan fingerprint density at radius 2 is 1.21 bits per heavy atom. The van der Waals surface area contributed by atoms with E-state index in [2.05, 4.69) is 15.9 Å². The highest BCUT2D eigenvalue weighted by Crippen LogP contribution is 2.28. The molecule has 0 spiro atoms. The lowest BCUT2D eigenvalue weighted by molar-refractivity contribution is 0.397. The monoisotopic (exact) mass is 475 g/mol. The predicted octanol–water partition coefficient (Wildman–Crippen LogP) is 4.86. The molecular formula is C22H22BrNO4S. The van der Waals surface area contributed by atoms with Crippen LogP contribution >= 0.6 is 15.9 Å². The van der Waals surface area contributed by atoms with Crippen LogP contribution in [0.15, 0.2) is 82.2 Å². The molecule has 5 nitrogen and oxygen atoms in total. The standard InChI is InChI=1S/C22H22BrNO4S/c1-27-19-11-7-17(8-12-19)15-24(16-18-9-13-20(28-2)14-10-18)29(25,26)22-6-4-3-5-21(22)23/h3-14H,15-16H2,1-2H3. The fourth-order valence-corrected chi connectivity index (χ4v) is 5.27. The lowest BCUT2D eigenvalue weighted by Crippen LogP contribution is -2.30. The molecule has 0 fully saturated rings. The van der Waals surface area contributed by atoms with E-state index in [1.807, 2.05) is 48.5 Å². The number of hydrogen-bond acceptors (Lipinski definition) is 4. The molecule has 0 atom stereocenters. The third-order valence-electron chi connectivity index (χ3n) is 4.49. The highest BCUT2D eigenvalue weighted by Gasteiger charge is 2.27. The summed E-state index contributed by atoms with van der Waals surface area (Å²) in [5.74, 6) is 1.45. The highest BCUT2D eigenvalue weighted by atomic mass is 79.9. The van der Waals surface area contributed by atoms with Gasteiger partial charge in [-0.15, -0.1) is 0 Å². The number of methoxy groups -OCH3 is 2. The molecule has 3 aromatic carbocycles. The molecule has 7 heteroatoms. The molecule has 0 aliphatic carbocycles. The molecule has 0 radical (unpaired) electrons. The third-order valence-corrected chi connectivity index (χ3v) is 7.29. The Morgan fingerprint density at radius 1 is 0.759 bits per heavy atom. The van der Waals surface area contributed by atoms with E-state index in [1.165, 1.54) is 4.31 Å². The van der Waals surface area contributed by atoms with Gasteiger partial charge in [-0.05, 0) is 63.5 Å². The van der Waals surface area contributed by atoms with Gasteiger partial charge in [-0.2, -0.15) is 4.31 Å². The van der Waals surface area contributed by atoms with Crippen molar-refractivity contribution in [2.24, 2.45) is 0 Å². The molecular weight excluding hydrogens is 454 g/mol. The van der Waals surface area contributed by atoms with E-state index >= 15 is 0 Å². The van der Waals surface area contributed by atoms with Crippen molar-refractivity contribution >= 4 is 26.0 Å². The second-order valence-corrected chi connectivity index (χ2v) is 9.16. The minimum Gasteiger partial charge on any atom is -0.497 e. The zero-order valence-corrected chi connectivity index (χ0v) is 18.6. The van der Waals surface area contributed by atoms with E-state index in [9.17, 15) is 8.42 Å². The third kappa shape index (κ3) is 5.18. The zero-order valence-electron chi connectivity index (χ0n) is 16.2. The van der Waals surface area contributed by atoms with Gasteiger partial charge in [0.15, 0.2) is 0 Å². The van der Waals surface area contributed by atoms with Crippen molar-refractivity contribution in [3.8, 4) is 11.5 Å². The molecule has 0 saturated carbocycles. The summed E-state index contributed by atoms with van der Waals surface area (Å²) >= 11 is 3.37. The van der Waals surface area contributed by atoms with Gasteiger partial charge in [-0.3, -0.25) is 0 Å². The molecule has 152 valence electrons. The van der Waals surface area contributed by atoms with Crippen molar-refractivity contribution in [3.63, 3.8) is 0 Å². The maximum atomic E-state index is 13.5. The SMILES string of the molecule is COc1ccc(CN(Cc2ccc(OC)cc2)S(=O)(=O)c2ccccc2Br)cc1. The number of ether oxygens (including phenoxy) is 2. The first-order valence-corrected chi connectivity index (χ1v) is 11.2. The normalized spacial score (nSPS) is 11.4. The number of hydrogen-bond donors (Lipinski definition) is 0. The quantitative estimate of drug-likeness (QED) is 0.466. The number of benzene rings is 3. The number of halogens is 1. The second-order valence-electron chi connectivity index (χ2n) is 6.40. The van der Waals surface area contributed by atoms with Gasteiger partial charge >= 0.3 is 0 Å². The Hall–Kier alpha value is -2.35. The lowest BCUT2D eigenvalue weighted by Gasteiger charge is -2.23. The average Bonchev–Trinajstić information content (AvgIpc) is 2.74. The van der Waals surface area contributed by atoms with E-state index < -0.39 is 10.0 Å². The topological polar surface area (TPSA) is 55.8 Å². The largest absolute Gasteiger partial charge is 0.497 e. The molecule has 0 heterocycles. The van der Waals surface area contributed by atoms with Gasteiger partial charge < -0.3 is 9.47 Å². The lowest BCUT2D eigenvalue weighted by atomic mass is 10.2. The van der Waals surface area contributed by atoms with Crippen molar-refractivity contribution < 1.29 is 17.9 Å². The summed E-state index contributed by atoms with van der Waals surface area (Å²) in [5, 5.41) is 0. The minimum absolute atomic E-state index is 0.236. The predicted molar refractivity (Wildman–Crippen MR) is 117 cm³/mol. The molecule has 0 bridgehead atoms. The van der Waals surface area contributed by atoms with Gasteiger partial charge in [0.1, 0.15) is 11.5 Å². The summed E-state index contributed by atoms with van der Waals surface area (Å²) in [7, 11) is -0.536. The first kappa shape index (κ1) is 21.4. The number of sulfonamides is 1. The summed E-state index contributed by atoms with van der Waals surface area (Å²) in [4.78, 5) is 0.238. The molecule has 0 aliphatic rings. The van der Waals surface area contributed by atoms with Crippen molar-refractivity contribution in [1.82, 2.24) is 4.31 Å². The number of nitrogens with zero attached hydrogens (tertiary/aromatic N) is 1. The maximum absolute atomic E-state index is 13.5. The Labute approximate surface area is 180 Å². The molecule has 0 N–H and O–H groups in total. The van der Waals surface area contributed by atoms with Crippen molar-refractivity contribution in [2.45, 2.75) is 18.0 Å². The van der Waals surface area contributed by atoms with Gasteiger partial charge in [-0.1, -0.05) is 36.4 Å². The van der Waals surface area contributed by atoms with Crippen LogP contribution < -0.4 is 9.47 Å². The Kier molecular flexibility index (Phi) is 6.95. The van der Waals surface area contributed by atoms with E-state index in [0.717, 1.165) is 22.6 Å². The Balaban J connectivity index is 1.96. The van der Waals surface area contributed by atoms with Gasteiger partial charge in [0.05, 0.1) is 19.1 Å². The summed E-state index contributed by atoms with van der Waals surface area (Å²) < 4.78 is 39.3. The summed E-state index contributed by atoms with van der Waals surface area (Å²) in [6, 6.07) is 21.6. The van der Waals surface area contributed by atoms with E-state index in [-0.39, 0.29) is 18.0 Å². The zero-order chi connectivity index (χ0) is 20.9. The van der Waals surface area contributed by atoms with Crippen LogP contribution in [0.1, 0.15) is 11.1 Å². The number of rotatable bonds is 8. The van der Waals surface area contributed by atoms with Crippen LogP contribution in [0.25, 0.3) is 0 Å². The molecule has 0 aliphatic heterocycles. The minimum atomic E-state index is -3.74. The first-order chi connectivity index (χ1) is 13.9. The fourth-order valence-electron chi connectivity index (χ4n) is 2.89. The van der Waals surface area contributed by atoms with Gasteiger partial charge in [0.25, 0.3) is 0 Å². The fraction of sp³-hybridized carbons (Fsp3) is 0.182. The summed E-state index contributed by atoms with van der Waals surface area (Å²) in [6.07, 6.45) is 0. The second kappa shape index (κ2) is 9.43. The van der Waals surface area contributed by atoms with Gasteiger partial charge in [0.2, 0.25) is 10.0 Å². The van der Waals surface area contributed by atoms with Crippen LogP contribution in [-0.4, -0.2) is 26.9 Å². The van der Waals surface area contributed by atoms with Crippen molar-refractivity contribution in [1.29, 1.82) is 0 Å². The highest BCUT2D eigenvalue weighted by molar-refractivity contribution is 9.10. The summed E-state index contributed by atoms with van der Waals surface area (Å²) in [5.41, 5.74) is 1.74.